The summed E-state index contributed by atoms with van der Waals surface area (Å²) >= 11 is 0. The molecular formula is C26H29F3N6O4. The largest absolute Gasteiger partial charge is 0.496 e. The first kappa shape index (κ1) is 27.9. The number of aliphatic imine (C=N–C) groups is 1. The molecule has 2 amide bonds. The summed E-state index contributed by atoms with van der Waals surface area (Å²) in [7, 11) is 1.37. The summed E-state index contributed by atoms with van der Waals surface area (Å²) in [6.07, 6.45) is 0. The second-order valence-electron chi connectivity index (χ2n) is 9.29. The van der Waals surface area contributed by atoms with Gasteiger partial charge in [0.2, 0.25) is 0 Å². The van der Waals surface area contributed by atoms with Gasteiger partial charge in [0, 0.05) is 13.1 Å². The van der Waals surface area contributed by atoms with Crippen molar-refractivity contribution >= 4 is 23.3 Å². The molecule has 2 aliphatic heterocycles. The summed E-state index contributed by atoms with van der Waals surface area (Å²) in [5.74, 6) is -5.54. The number of ether oxygens (including phenoxy) is 2. The van der Waals surface area contributed by atoms with Crippen LogP contribution in [0.2, 0.25) is 0 Å². The number of carbonyl (C=O) groups is 2. The smallest absolute Gasteiger partial charge is 0.283 e. The molecule has 2 heterocycles. The van der Waals surface area contributed by atoms with E-state index in [4.69, 9.17) is 26.7 Å². The number of carbonyl (C=O) groups excluding carboxylic acids is 2. The molecule has 4 rings (SSSR count). The van der Waals surface area contributed by atoms with Crippen LogP contribution in [0.1, 0.15) is 21.5 Å². The highest BCUT2D eigenvalue weighted by atomic mass is 19.3. The lowest BCUT2D eigenvalue weighted by Crippen LogP contribution is -2.48. The molecule has 0 radical (unpaired) electrons. The molecule has 0 saturated carbocycles. The number of benzene rings is 2. The number of amidine groups is 1. The van der Waals surface area contributed by atoms with Crippen LogP contribution in [-0.2, 0) is 16.1 Å². The number of primary amides is 1. The Balaban J connectivity index is 1.48. The van der Waals surface area contributed by atoms with E-state index in [1.807, 2.05) is 0 Å². The van der Waals surface area contributed by atoms with E-state index in [1.54, 1.807) is 29.2 Å². The molecule has 1 unspecified atom stereocenters. The lowest BCUT2D eigenvalue weighted by molar-refractivity contribution is -0.114. The molecule has 208 valence electrons. The number of nitrogens with one attached hydrogen (secondary N) is 1. The predicted molar refractivity (Wildman–Crippen MR) is 137 cm³/mol. The first-order chi connectivity index (χ1) is 18.5. The number of likely N-dealkylation sites (tertiary alicyclic amines) is 1. The molecule has 2 aromatic rings. The van der Waals surface area contributed by atoms with Gasteiger partial charge in [-0.1, -0.05) is 24.3 Å². The van der Waals surface area contributed by atoms with Gasteiger partial charge in [-0.15, -0.1) is 0 Å². The number of amides is 2. The zero-order valence-corrected chi connectivity index (χ0v) is 21.1. The first-order valence-electron chi connectivity index (χ1n) is 12.0. The summed E-state index contributed by atoms with van der Waals surface area (Å²) in [6.45, 7) is 0.307. The van der Waals surface area contributed by atoms with Crippen LogP contribution >= 0.6 is 0 Å². The van der Waals surface area contributed by atoms with Crippen molar-refractivity contribution in [3.63, 3.8) is 0 Å². The van der Waals surface area contributed by atoms with Crippen molar-refractivity contribution in [1.29, 1.82) is 0 Å². The van der Waals surface area contributed by atoms with Crippen LogP contribution in [0.4, 0.5) is 13.2 Å². The molecule has 2 aliphatic rings. The Morgan fingerprint density at radius 3 is 2.44 bits per heavy atom. The van der Waals surface area contributed by atoms with Crippen LogP contribution in [-0.4, -0.2) is 74.0 Å². The second kappa shape index (κ2) is 11.3. The number of halogens is 3. The molecule has 0 aliphatic carbocycles. The fourth-order valence-corrected chi connectivity index (χ4v) is 4.35. The minimum atomic E-state index is -3.15. The van der Waals surface area contributed by atoms with E-state index >= 15 is 0 Å². The highest BCUT2D eigenvalue weighted by Gasteiger charge is 2.51. The fourth-order valence-electron chi connectivity index (χ4n) is 4.35. The Hall–Kier alpha value is -4.10. The quantitative estimate of drug-likeness (QED) is 0.207. The van der Waals surface area contributed by atoms with Crippen molar-refractivity contribution in [2.75, 3.05) is 33.4 Å². The van der Waals surface area contributed by atoms with Crippen molar-refractivity contribution in [3.05, 3.63) is 70.5 Å². The fraction of sp³-hybridized carbons (Fsp3) is 0.346. The molecule has 13 heteroatoms. The van der Waals surface area contributed by atoms with Crippen molar-refractivity contribution in [1.82, 2.24) is 10.2 Å². The molecule has 2 saturated heterocycles. The van der Waals surface area contributed by atoms with Gasteiger partial charge in [-0.05, 0) is 29.3 Å². The molecule has 7 N–H and O–H groups in total. The number of methoxy groups -OCH3 is 1. The van der Waals surface area contributed by atoms with Gasteiger partial charge < -0.3 is 32.0 Å². The Labute approximate surface area is 222 Å². The van der Waals surface area contributed by atoms with Gasteiger partial charge in [0.15, 0.2) is 0 Å². The maximum atomic E-state index is 14.6. The number of rotatable bonds is 9. The van der Waals surface area contributed by atoms with Crippen LogP contribution in [0.5, 0.6) is 5.75 Å². The topological polar surface area (TPSA) is 158 Å². The van der Waals surface area contributed by atoms with Crippen molar-refractivity contribution < 1.29 is 32.2 Å². The Bertz CT molecular complexity index is 1310. The first-order valence-corrected chi connectivity index (χ1v) is 12.0. The molecule has 1 atom stereocenters. The lowest BCUT2D eigenvalue weighted by atomic mass is 10.0. The van der Waals surface area contributed by atoms with E-state index in [0.29, 0.717) is 24.3 Å². The molecule has 0 aromatic heterocycles. The third-order valence-electron chi connectivity index (χ3n) is 6.64. The van der Waals surface area contributed by atoms with Crippen molar-refractivity contribution in [3.8, 4) is 5.75 Å². The number of nitrogens with two attached hydrogens (primary N) is 3. The molecule has 2 aromatic carbocycles. The number of hydrogen-bond donors (Lipinski definition) is 4. The highest BCUT2D eigenvalue weighted by molar-refractivity contribution is 6.24. The minimum Gasteiger partial charge on any atom is -0.496 e. The number of alkyl halides is 2. The van der Waals surface area contributed by atoms with Gasteiger partial charge in [0.05, 0.1) is 44.2 Å². The van der Waals surface area contributed by atoms with Crippen LogP contribution in [0.25, 0.3) is 5.70 Å². The summed E-state index contributed by atoms with van der Waals surface area (Å²) in [5, 5.41) is 2.67. The summed E-state index contributed by atoms with van der Waals surface area (Å²) in [4.78, 5) is 30.2. The summed E-state index contributed by atoms with van der Waals surface area (Å²) in [5.41, 5.74) is 18.2. The van der Waals surface area contributed by atoms with E-state index in [-0.39, 0.29) is 41.7 Å². The maximum Gasteiger partial charge on any atom is 0.283 e. The zero-order chi connectivity index (χ0) is 28.3. The number of nitrogens with zero attached hydrogens (tertiary/aromatic N) is 2. The van der Waals surface area contributed by atoms with Gasteiger partial charge >= 0.3 is 0 Å². The third-order valence-corrected chi connectivity index (χ3v) is 6.64. The minimum absolute atomic E-state index is 0.0409. The molecule has 0 spiro atoms. The van der Waals surface area contributed by atoms with Gasteiger partial charge in [0.1, 0.15) is 29.0 Å². The lowest BCUT2D eigenvalue weighted by Gasteiger charge is -2.34. The third kappa shape index (κ3) is 6.15. The van der Waals surface area contributed by atoms with E-state index in [9.17, 15) is 22.8 Å². The molecule has 0 bridgehead atoms. The SMILES string of the molecule is COc1ccc(F)cc1C(=O)NCc1ccc(C(N)=C(C(N)=O)C(N)=NC2CN(C3COC3)CC2(F)F)cc1. The van der Waals surface area contributed by atoms with Crippen LogP contribution in [0.15, 0.2) is 53.0 Å². The van der Waals surface area contributed by atoms with Crippen LogP contribution < -0.4 is 27.3 Å². The van der Waals surface area contributed by atoms with Crippen molar-refractivity contribution in [2.24, 2.45) is 22.2 Å². The zero-order valence-electron chi connectivity index (χ0n) is 21.1. The predicted octanol–water partition coefficient (Wildman–Crippen LogP) is 0.995. The molecule has 2 fully saturated rings. The van der Waals surface area contributed by atoms with Gasteiger partial charge in [-0.25, -0.2) is 13.2 Å². The summed E-state index contributed by atoms with van der Waals surface area (Å²) in [6, 6.07) is 8.39. The van der Waals surface area contributed by atoms with Gasteiger partial charge in [-0.2, -0.15) is 0 Å². The molecular weight excluding hydrogens is 517 g/mol. The summed E-state index contributed by atoms with van der Waals surface area (Å²) < 4.78 is 53.0. The van der Waals surface area contributed by atoms with Gasteiger partial charge in [0.25, 0.3) is 17.7 Å². The van der Waals surface area contributed by atoms with E-state index in [0.717, 1.165) is 6.07 Å². The van der Waals surface area contributed by atoms with Crippen LogP contribution in [0.3, 0.4) is 0 Å². The average molecular weight is 547 g/mol. The van der Waals surface area contributed by atoms with Gasteiger partial charge in [-0.3, -0.25) is 19.5 Å². The van der Waals surface area contributed by atoms with E-state index < -0.39 is 42.0 Å². The van der Waals surface area contributed by atoms with Crippen LogP contribution in [0, 0.1) is 5.82 Å². The van der Waals surface area contributed by atoms with E-state index in [2.05, 4.69) is 10.3 Å². The molecule has 10 nitrogen and oxygen atoms in total. The number of hydrogen-bond acceptors (Lipinski definition) is 7. The van der Waals surface area contributed by atoms with E-state index in [1.165, 1.54) is 19.2 Å². The van der Waals surface area contributed by atoms with Crippen molar-refractivity contribution in [2.45, 2.75) is 24.6 Å². The average Bonchev–Trinajstić information content (AvgIpc) is 3.14. The Morgan fingerprint density at radius 1 is 1.15 bits per heavy atom. The maximum absolute atomic E-state index is 14.6. The normalized spacial score (nSPS) is 20.2. The highest BCUT2D eigenvalue weighted by Crippen LogP contribution is 2.33. The second-order valence-corrected chi connectivity index (χ2v) is 9.29. The monoisotopic (exact) mass is 546 g/mol. The Morgan fingerprint density at radius 2 is 1.85 bits per heavy atom. The standard InChI is InChI=1S/C26H29F3N6O4/c1-38-19-7-6-16(27)8-18(19)25(37)33-9-14-2-4-15(5-3-14)22(30)21(24(32)36)23(31)34-20-10-35(13-26(20,28)29)17-11-39-12-17/h2-8,17,20H,9-13,30H2,1H3,(H2,31,34)(H2,32,36)(H,33,37). The molecule has 39 heavy (non-hydrogen) atoms. The Kier molecular flexibility index (Phi) is 8.11.